The van der Waals surface area contributed by atoms with Gasteiger partial charge in [-0.2, -0.15) is 0 Å². The Morgan fingerprint density at radius 2 is 1.74 bits per heavy atom. The van der Waals surface area contributed by atoms with Gasteiger partial charge in [0.1, 0.15) is 10.6 Å². The molecule has 7 nitrogen and oxygen atoms in total. The van der Waals surface area contributed by atoms with Gasteiger partial charge in [-0.05, 0) is 39.8 Å². The number of hydrogen-bond acceptors (Lipinski definition) is 5. The van der Waals surface area contributed by atoms with Crippen LogP contribution in [0.1, 0.15) is 36.6 Å². The van der Waals surface area contributed by atoms with E-state index >= 15 is 0 Å². The van der Waals surface area contributed by atoms with Gasteiger partial charge in [0.2, 0.25) is 5.89 Å². The molecule has 3 rings (SSSR count). The van der Waals surface area contributed by atoms with Crippen LogP contribution in [-0.4, -0.2) is 23.2 Å². The van der Waals surface area contributed by atoms with Crippen molar-refractivity contribution < 1.29 is 12.8 Å². The number of aryl methyl sites for hydroxylation is 2. The minimum Gasteiger partial charge on any atom is -0.419 e. The van der Waals surface area contributed by atoms with Crippen LogP contribution in [0, 0.1) is 20.8 Å². The molecule has 3 aromatic rings. The minimum atomic E-state index is -3.77. The van der Waals surface area contributed by atoms with Gasteiger partial charge in [0.05, 0.1) is 0 Å². The Balaban J connectivity index is 2.11. The summed E-state index contributed by atoms with van der Waals surface area (Å²) in [6.07, 6.45) is 0.623. The van der Waals surface area contributed by atoms with Gasteiger partial charge in [-0.3, -0.25) is 4.72 Å². The van der Waals surface area contributed by atoms with Crippen molar-refractivity contribution in [3.05, 3.63) is 47.0 Å². The molecule has 0 unspecified atom stereocenters. The van der Waals surface area contributed by atoms with Crippen LogP contribution >= 0.6 is 0 Å². The summed E-state index contributed by atoms with van der Waals surface area (Å²) >= 11 is 0. The first kappa shape index (κ1) is 19.2. The second kappa shape index (κ2) is 7.19. The summed E-state index contributed by atoms with van der Waals surface area (Å²) < 4.78 is 36.5. The van der Waals surface area contributed by atoms with Crippen molar-refractivity contribution in [2.24, 2.45) is 0 Å². The molecule has 144 valence electrons. The van der Waals surface area contributed by atoms with Crippen LogP contribution in [0.15, 0.2) is 33.6 Å². The summed E-state index contributed by atoms with van der Waals surface area (Å²) in [5.41, 5.74) is 3.47. The van der Waals surface area contributed by atoms with E-state index in [1.165, 1.54) is 0 Å². The summed E-state index contributed by atoms with van der Waals surface area (Å²) in [5, 5.41) is 8.11. The smallest absolute Gasteiger partial charge is 0.264 e. The summed E-state index contributed by atoms with van der Waals surface area (Å²) in [6, 6.07) is 7.23. The number of nitrogens with zero attached hydrogens (tertiary/aromatic N) is 3. The lowest BCUT2D eigenvalue weighted by Crippen LogP contribution is -2.15. The highest BCUT2D eigenvalue weighted by atomic mass is 32.2. The molecule has 1 aromatic carbocycles. The Morgan fingerprint density at radius 1 is 1.07 bits per heavy atom. The molecule has 0 saturated heterocycles. The van der Waals surface area contributed by atoms with E-state index in [9.17, 15) is 8.42 Å². The van der Waals surface area contributed by atoms with Gasteiger partial charge in [0.25, 0.3) is 15.9 Å². The van der Waals surface area contributed by atoms with Crippen LogP contribution in [0.25, 0.3) is 11.6 Å². The van der Waals surface area contributed by atoms with Crippen LogP contribution in [0.3, 0.4) is 0 Å². The van der Waals surface area contributed by atoms with Crippen molar-refractivity contribution in [2.75, 3.05) is 4.72 Å². The lowest BCUT2D eigenvalue weighted by Gasteiger charge is -2.10. The minimum absolute atomic E-state index is 0.246. The Bertz CT molecular complexity index is 1060. The first-order valence-corrected chi connectivity index (χ1v) is 10.4. The Kier molecular flexibility index (Phi) is 5.10. The number of sulfonamides is 1. The number of benzene rings is 1. The van der Waals surface area contributed by atoms with Crippen molar-refractivity contribution in [3.63, 3.8) is 0 Å². The maximum atomic E-state index is 13.1. The van der Waals surface area contributed by atoms with E-state index in [4.69, 9.17) is 4.42 Å². The molecule has 2 heterocycles. The van der Waals surface area contributed by atoms with E-state index in [0.29, 0.717) is 47.4 Å². The van der Waals surface area contributed by atoms with Gasteiger partial charge in [0, 0.05) is 29.9 Å². The molecule has 0 aliphatic heterocycles. The Morgan fingerprint density at radius 3 is 2.30 bits per heavy atom. The lowest BCUT2D eigenvalue weighted by molar-refractivity contribution is 0.507. The molecule has 27 heavy (non-hydrogen) atoms. The standard InChI is InChI=1S/C19H24N4O3S/c1-6-16-20-21-19(26-16)17-13(4)18(14(5)23(17)7-2)27(24,25)22-15-10-8-12(3)9-11-15/h8-11,22H,6-7H2,1-5H3. The van der Waals surface area contributed by atoms with Crippen molar-refractivity contribution in [1.82, 2.24) is 14.8 Å². The third-order valence-corrected chi connectivity index (χ3v) is 6.20. The maximum absolute atomic E-state index is 13.1. The molecule has 2 aromatic heterocycles. The Labute approximate surface area is 159 Å². The largest absolute Gasteiger partial charge is 0.419 e. The fourth-order valence-corrected chi connectivity index (χ4v) is 4.81. The summed E-state index contributed by atoms with van der Waals surface area (Å²) in [4.78, 5) is 0.246. The number of nitrogens with one attached hydrogen (secondary N) is 1. The summed E-state index contributed by atoms with van der Waals surface area (Å²) in [7, 11) is -3.77. The molecular formula is C19H24N4O3S. The Hall–Kier alpha value is -2.61. The second-order valence-corrected chi connectivity index (χ2v) is 8.08. The molecule has 0 fully saturated rings. The third kappa shape index (κ3) is 3.49. The summed E-state index contributed by atoms with van der Waals surface area (Å²) in [5.74, 6) is 0.860. The van der Waals surface area contributed by atoms with E-state index in [1.807, 2.05) is 37.5 Å². The highest BCUT2D eigenvalue weighted by molar-refractivity contribution is 7.92. The topological polar surface area (TPSA) is 90.0 Å². The molecule has 1 N–H and O–H groups in total. The fraction of sp³-hybridized carbons (Fsp3) is 0.368. The molecule has 8 heteroatoms. The third-order valence-electron chi connectivity index (χ3n) is 4.56. The van der Waals surface area contributed by atoms with Crippen molar-refractivity contribution in [3.8, 4) is 11.6 Å². The lowest BCUT2D eigenvalue weighted by atomic mass is 10.2. The maximum Gasteiger partial charge on any atom is 0.264 e. The van der Waals surface area contributed by atoms with E-state index < -0.39 is 10.0 Å². The zero-order chi connectivity index (χ0) is 19.8. The van der Waals surface area contributed by atoms with Gasteiger partial charge in [0.15, 0.2) is 0 Å². The SMILES string of the molecule is CCc1nnc(-c2c(C)c(S(=O)(=O)Nc3ccc(C)cc3)c(C)n2CC)o1. The van der Waals surface area contributed by atoms with Gasteiger partial charge < -0.3 is 8.98 Å². The average Bonchev–Trinajstić information content (AvgIpc) is 3.18. The van der Waals surface area contributed by atoms with Crippen molar-refractivity contribution in [1.29, 1.82) is 0 Å². The van der Waals surface area contributed by atoms with Crippen molar-refractivity contribution >= 4 is 15.7 Å². The molecule has 0 aliphatic carbocycles. The first-order chi connectivity index (χ1) is 12.8. The number of rotatable bonds is 6. The van der Waals surface area contributed by atoms with Gasteiger partial charge in [-0.25, -0.2) is 8.42 Å². The van der Waals surface area contributed by atoms with Gasteiger partial charge in [-0.15, -0.1) is 10.2 Å². The predicted molar refractivity (Wildman–Crippen MR) is 104 cm³/mol. The normalized spacial score (nSPS) is 11.7. The highest BCUT2D eigenvalue weighted by Crippen LogP contribution is 2.34. The van der Waals surface area contributed by atoms with Gasteiger partial charge >= 0.3 is 0 Å². The molecule has 0 spiro atoms. The quantitative estimate of drug-likeness (QED) is 0.693. The zero-order valence-electron chi connectivity index (χ0n) is 16.2. The molecule has 0 bridgehead atoms. The second-order valence-electron chi connectivity index (χ2n) is 6.46. The highest BCUT2D eigenvalue weighted by Gasteiger charge is 2.29. The van der Waals surface area contributed by atoms with Crippen LogP contribution in [0.4, 0.5) is 5.69 Å². The van der Waals surface area contributed by atoms with Crippen LogP contribution < -0.4 is 4.72 Å². The molecular weight excluding hydrogens is 364 g/mol. The predicted octanol–water partition coefficient (Wildman–Crippen LogP) is 3.85. The fourth-order valence-electron chi connectivity index (χ4n) is 3.26. The molecule has 0 radical (unpaired) electrons. The van der Waals surface area contributed by atoms with Crippen LogP contribution in [0.2, 0.25) is 0 Å². The van der Waals surface area contributed by atoms with Crippen molar-refractivity contribution in [2.45, 2.75) is 52.5 Å². The average molecular weight is 388 g/mol. The first-order valence-electron chi connectivity index (χ1n) is 8.90. The summed E-state index contributed by atoms with van der Waals surface area (Å²) in [6.45, 7) is 9.99. The number of hydrogen-bond donors (Lipinski definition) is 1. The van der Waals surface area contributed by atoms with Crippen LogP contribution in [0.5, 0.6) is 0 Å². The van der Waals surface area contributed by atoms with E-state index in [-0.39, 0.29) is 4.90 Å². The monoisotopic (exact) mass is 388 g/mol. The molecule has 0 aliphatic rings. The molecule has 0 saturated carbocycles. The number of aromatic nitrogens is 3. The van der Waals surface area contributed by atoms with E-state index in [1.54, 1.807) is 26.0 Å². The van der Waals surface area contributed by atoms with E-state index in [0.717, 1.165) is 5.56 Å². The molecule has 0 amide bonds. The van der Waals surface area contributed by atoms with Gasteiger partial charge in [-0.1, -0.05) is 24.6 Å². The molecule has 0 atom stereocenters. The zero-order valence-corrected chi connectivity index (χ0v) is 17.0. The van der Waals surface area contributed by atoms with Crippen LogP contribution in [-0.2, 0) is 23.0 Å². The van der Waals surface area contributed by atoms with E-state index in [2.05, 4.69) is 14.9 Å². The number of anilines is 1.